The molecule has 1 heterocycles. The van der Waals surface area contributed by atoms with Crippen LogP contribution in [0.1, 0.15) is 30.6 Å². The Morgan fingerprint density at radius 3 is 2.88 bits per heavy atom. The molecule has 0 bridgehead atoms. The van der Waals surface area contributed by atoms with Crippen molar-refractivity contribution in [3.8, 4) is 0 Å². The molecule has 2 heteroatoms. The molecule has 1 aromatic carbocycles. The maximum atomic E-state index is 10.8. The maximum absolute atomic E-state index is 10.8. The lowest BCUT2D eigenvalue weighted by Gasteiger charge is -2.11. The first-order valence-electron chi connectivity index (χ1n) is 5.78. The zero-order chi connectivity index (χ0) is 11.5. The molecule has 0 amide bonds. The van der Waals surface area contributed by atoms with Gasteiger partial charge in [0.25, 0.3) is 0 Å². The highest BCUT2D eigenvalue weighted by Gasteiger charge is 2.05. The molecule has 1 aromatic heterocycles. The molecule has 0 saturated heterocycles. The number of fused-ring (bicyclic) bond motifs is 1. The van der Waals surface area contributed by atoms with Crippen molar-refractivity contribution >= 4 is 17.2 Å². The molecule has 2 rings (SSSR count). The number of carbonyl (C=O) groups is 1. The van der Waals surface area contributed by atoms with Crippen LogP contribution in [-0.2, 0) is 6.54 Å². The molecule has 0 aliphatic heterocycles. The number of benzene rings is 1. The highest BCUT2D eigenvalue weighted by Crippen LogP contribution is 2.19. The van der Waals surface area contributed by atoms with Crippen LogP contribution in [-0.4, -0.2) is 10.9 Å². The molecule has 0 aliphatic carbocycles. The number of nitrogens with zero attached hydrogens (tertiary/aromatic N) is 1. The van der Waals surface area contributed by atoms with Crippen LogP contribution < -0.4 is 0 Å². The molecular weight excluding hydrogens is 198 g/mol. The summed E-state index contributed by atoms with van der Waals surface area (Å²) >= 11 is 0. The van der Waals surface area contributed by atoms with Crippen molar-refractivity contribution in [3.63, 3.8) is 0 Å². The minimum absolute atomic E-state index is 0.662. The van der Waals surface area contributed by atoms with Gasteiger partial charge in [-0.15, -0.1) is 0 Å². The number of carbonyl (C=O) groups excluding carboxylic acids is 1. The van der Waals surface area contributed by atoms with Crippen LogP contribution >= 0.6 is 0 Å². The van der Waals surface area contributed by atoms with Gasteiger partial charge in [-0.25, -0.2) is 0 Å². The first-order chi connectivity index (χ1) is 7.74. The van der Waals surface area contributed by atoms with E-state index in [2.05, 4.69) is 30.7 Å². The van der Waals surface area contributed by atoms with Crippen molar-refractivity contribution in [2.24, 2.45) is 5.92 Å². The number of hydrogen-bond acceptors (Lipinski definition) is 1. The smallest absolute Gasteiger partial charge is 0.150 e. The van der Waals surface area contributed by atoms with Crippen molar-refractivity contribution in [3.05, 3.63) is 36.0 Å². The Bertz CT molecular complexity index is 498. The summed E-state index contributed by atoms with van der Waals surface area (Å²) < 4.78 is 2.23. The Morgan fingerprint density at radius 2 is 2.19 bits per heavy atom. The molecule has 2 aromatic rings. The molecule has 2 nitrogen and oxygen atoms in total. The Balaban J connectivity index is 2.41. The van der Waals surface area contributed by atoms with Crippen molar-refractivity contribution < 1.29 is 4.79 Å². The van der Waals surface area contributed by atoms with Crippen LogP contribution in [0.15, 0.2) is 30.5 Å². The SMILES string of the molecule is CCC(C)Cn1ccc2ccc(C=O)cc21. The van der Waals surface area contributed by atoms with Gasteiger partial charge in [-0.3, -0.25) is 4.79 Å². The summed E-state index contributed by atoms with van der Waals surface area (Å²) in [6.07, 6.45) is 4.18. The first-order valence-corrected chi connectivity index (χ1v) is 5.78. The van der Waals surface area contributed by atoms with Crippen LogP contribution in [0.3, 0.4) is 0 Å². The van der Waals surface area contributed by atoms with E-state index in [0.29, 0.717) is 5.92 Å². The van der Waals surface area contributed by atoms with Gasteiger partial charge in [-0.1, -0.05) is 32.4 Å². The summed E-state index contributed by atoms with van der Waals surface area (Å²) in [7, 11) is 0. The van der Waals surface area contributed by atoms with Crippen molar-refractivity contribution in [1.29, 1.82) is 0 Å². The van der Waals surface area contributed by atoms with E-state index in [-0.39, 0.29) is 0 Å². The van der Waals surface area contributed by atoms with Gasteiger partial charge in [-0.05, 0) is 23.4 Å². The lowest BCUT2D eigenvalue weighted by atomic mass is 10.1. The zero-order valence-corrected chi connectivity index (χ0v) is 9.81. The van der Waals surface area contributed by atoms with E-state index >= 15 is 0 Å². The largest absolute Gasteiger partial charge is 0.347 e. The lowest BCUT2D eigenvalue weighted by molar-refractivity contribution is 0.112. The Morgan fingerprint density at radius 1 is 1.38 bits per heavy atom. The Hall–Kier alpha value is -1.57. The molecule has 0 N–H and O–H groups in total. The third-order valence-corrected chi connectivity index (χ3v) is 3.14. The van der Waals surface area contributed by atoms with E-state index in [1.54, 1.807) is 0 Å². The summed E-state index contributed by atoms with van der Waals surface area (Å²) in [4.78, 5) is 10.8. The topological polar surface area (TPSA) is 22.0 Å². The number of hydrogen-bond donors (Lipinski definition) is 0. The third-order valence-electron chi connectivity index (χ3n) is 3.14. The van der Waals surface area contributed by atoms with Crippen LogP contribution in [0.5, 0.6) is 0 Å². The summed E-state index contributed by atoms with van der Waals surface area (Å²) in [5.74, 6) is 0.662. The zero-order valence-electron chi connectivity index (χ0n) is 9.81. The van der Waals surface area contributed by atoms with Gasteiger partial charge in [-0.2, -0.15) is 0 Å². The second kappa shape index (κ2) is 4.52. The average Bonchev–Trinajstić information content (AvgIpc) is 2.71. The molecule has 0 aliphatic rings. The van der Waals surface area contributed by atoms with Gasteiger partial charge in [0, 0.05) is 23.8 Å². The summed E-state index contributed by atoms with van der Waals surface area (Å²) in [5.41, 5.74) is 1.90. The first kappa shape index (κ1) is 10.9. The van der Waals surface area contributed by atoms with Crippen LogP contribution in [0, 0.1) is 5.92 Å². The molecule has 0 saturated carbocycles. The van der Waals surface area contributed by atoms with Crippen LogP contribution in [0.4, 0.5) is 0 Å². The van der Waals surface area contributed by atoms with E-state index in [1.165, 1.54) is 11.8 Å². The fraction of sp³-hybridized carbons (Fsp3) is 0.357. The third kappa shape index (κ3) is 2.01. The van der Waals surface area contributed by atoms with E-state index in [4.69, 9.17) is 0 Å². The van der Waals surface area contributed by atoms with Gasteiger partial charge in [0.1, 0.15) is 6.29 Å². The van der Waals surface area contributed by atoms with E-state index in [9.17, 15) is 4.79 Å². The molecule has 0 radical (unpaired) electrons. The van der Waals surface area contributed by atoms with Gasteiger partial charge in [0.15, 0.2) is 0 Å². The van der Waals surface area contributed by atoms with Crippen LogP contribution in [0.25, 0.3) is 10.9 Å². The minimum atomic E-state index is 0.662. The molecule has 1 atom stereocenters. The summed E-state index contributed by atoms with van der Waals surface area (Å²) in [6, 6.07) is 7.94. The van der Waals surface area contributed by atoms with E-state index in [1.807, 2.05) is 18.2 Å². The van der Waals surface area contributed by atoms with E-state index < -0.39 is 0 Å². The minimum Gasteiger partial charge on any atom is -0.347 e. The molecule has 16 heavy (non-hydrogen) atoms. The second-order valence-corrected chi connectivity index (χ2v) is 4.42. The number of rotatable bonds is 4. The highest BCUT2D eigenvalue weighted by atomic mass is 16.1. The van der Waals surface area contributed by atoms with E-state index in [0.717, 1.165) is 23.9 Å². The predicted octanol–water partition coefficient (Wildman–Crippen LogP) is 3.50. The van der Waals surface area contributed by atoms with Gasteiger partial charge in [0.05, 0.1) is 0 Å². The predicted molar refractivity (Wildman–Crippen MR) is 66.8 cm³/mol. The van der Waals surface area contributed by atoms with Crippen molar-refractivity contribution in [1.82, 2.24) is 4.57 Å². The molecule has 0 spiro atoms. The Kier molecular flexibility index (Phi) is 3.09. The van der Waals surface area contributed by atoms with Gasteiger partial charge in [0.2, 0.25) is 0 Å². The highest BCUT2D eigenvalue weighted by molar-refractivity contribution is 5.87. The number of aldehydes is 1. The number of aromatic nitrogens is 1. The molecule has 1 unspecified atom stereocenters. The normalized spacial score (nSPS) is 12.9. The quantitative estimate of drug-likeness (QED) is 0.715. The summed E-state index contributed by atoms with van der Waals surface area (Å²) in [6.45, 7) is 5.46. The second-order valence-electron chi connectivity index (χ2n) is 4.42. The van der Waals surface area contributed by atoms with Crippen molar-refractivity contribution in [2.45, 2.75) is 26.8 Å². The summed E-state index contributed by atoms with van der Waals surface area (Å²) in [5, 5.41) is 1.20. The van der Waals surface area contributed by atoms with Crippen molar-refractivity contribution in [2.75, 3.05) is 0 Å². The fourth-order valence-electron chi connectivity index (χ4n) is 1.90. The molecule has 0 fully saturated rings. The average molecular weight is 215 g/mol. The fourth-order valence-corrected chi connectivity index (χ4v) is 1.90. The standard InChI is InChI=1S/C14H17NO/c1-3-11(2)9-15-7-6-13-5-4-12(10-16)8-14(13)15/h4-8,10-11H,3,9H2,1-2H3. The monoisotopic (exact) mass is 215 g/mol. The van der Waals surface area contributed by atoms with Gasteiger partial charge >= 0.3 is 0 Å². The van der Waals surface area contributed by atoms with Crippen LogP contribution in [0.2, 0.25) is 0 Å². The Labute approximate surface area is 95.9 Å². The maximum Gasteiger partial charge on any atom is 0.150 e. The van der Waals surface area contributed by atoms with Gasteiger partial charge < -0.3 is 4.57 Å². The molecule has 84 valence electrons. The lowest BCUT2D eigenvalue weighted by Crippen LogP contribution is -2.05. The molecular formula is C14H17NO.